The van der Waals surface area contributed by atoms with Crippen LogP contribution >= 0.6 is 0 Å². The van der Waals surface area contributed by atoms with E-state index in [-0.39, 0.29) is 10.8 Å². The van der Waals surface area contributed by atoms with E-state index in [9.17, 15) is 13.2 Å². The van der Waals surface area contributed by atoms with E-state index in [0.717, 1.165) is 0 Å². The molecule has 1 amide bonds. The van der Waals surface area contributed by atoms with Crippen LogP contribution in [0.25, 0.3) is 0 Å². The monoisotopic (exact) mass is 294 g/mol. The number of amides is 1. The van der Waals surface area contributed by atoms with Crippen LogP contribution in [0.4, 0.5) is 5.69 Å². The van der Waals surface area contributed by atoms with Gasteiger partial charge in [0.25, 0.3) is 5.91 Å². The molecule has 2 rings (SSSR count). The molecular formula is C12H14N4O3S. The Morgan fingerprint density at radius 3 is 2.65 bits per heavy atom. The van der Waals surface area contributed by atoms with Gasteiger partial charge in [0.1, 0.15) is 0 Å². The molecule has 8 heteroatoms. The Morgan fingerprint density at radius 2 is 2.10 bits per heavy atom. The number of primary sulfonamides is 1. The van der Waals surface area contributed by atoms with Gasteiger partial charge in [-0.3, -0.25) is 9.48 Å². The normalized spacial score (nSPS) is 11.3. The lowest BCUT2D eigenvalue weighted by atomic mass is 10.2. The molecule has 0 unspecified atom stereocenters. The first kappa shape index (κ1) is 14.2. The van der Waals surface area contributed by atoms with Gasteiger partial charge in [-0.2, -0.15) is 5.10 Å². The van der Waals surface area contributed by atoms with Crippen molar-refractivity contribution >= 4 is 21.6 Å². The minimum absolute atomic E-state index is 0.0125. The summed E-state index contributed by atoms with van der Waals surface area (Å²) in [4.78, 5) is 12.0. The molecule has 0 saturated heterocycles. The summed E-state index contributed by atoms with van der Waals surface area (Å²) in [6, 6.07) is 4.52. The van der Waals surface area contributed by atoms with Crippen molar-refractivity contribution in [2.45, 2.75) is 11.8 Å². The maximum Gasteiger partial charge on any atom is 0.258 e. The minimum atomic E-state index is -3.82. The highest BCUT2D eigenvalue weighted by Crippen LogP contribution is 2.22. The highest BCUT2D eigenvalue weighted by atomic mass is 32.2. The van der Waals surface area contributed by atoms with E-state index in [1.165, 1.54) is 23.0 Å². The lowest BCUT2D eigenvalue weighted by molar-refractivity contribution is 0.102. The number of aryl methyl sites for hydroxylation is 1. The Balaban J connectivity index is 2.33. The molecule has 7 nitrogen and oxygen atoms in total. The number of anilines is 1. The second-order valence-electron chi connectivity index (χ2n) is 4.33. The quantitative estimate of drug-likeness (QED) is 0.865. The third-order valence-electron chi connectivity index (χ3n) is 2.81. The number of nitrogens with one attached hydrogen (secondary N) is 1. The maximum atomic E-state index is 12.0. The maximum absolute atomic E-state index is 12.0. The Labute approximate surface area is 116 Å². The highest BCUT2D eigenvalue weighted by Gasteiger charge is 2.16. The first-order chi connectivity index (χ1) is 9.29. The largest absolute Gasteiger partial charge is 0.322 e. The molecule has 0 radical (unpaired) electrons. The molecule has 0 atom stereocenters. The van der Waals surface area contributed by atoms with E-state index in [4.69, 9.17) is 5.14 Å². The Hall–Kier alpha value is -2.19. The van der Waals surface area contributed by atoms with Crippen molar-refractivity contribution in [3.8, 4) is 0 Å². The van der Waals surface area contributed by atoms with Crippen LogP contribution in [0, 0.1) is 6.92 Å². The Morgan fingerprint density at radius 1 is 1.40 bits per heavy atom. The fourth-order valence-corrected chi connectivity index (χ4v) is 2.60. The summed E-state index contributed by atoms with van der Waals surface area (Å²) in [6.45, 7) is 1.58. The molecule has 0 aliphatic carbocycles. The summed E-state index contributed by atoms with van der Waals surface area (Å²) in [6.07, 6.45) is 2.99. The van der Waals surface area contributed by atoms with E-state index >= 15 is 0 Å². The molecule has 0 aliphatic rings. The Kier molecular flexibility index (Phi) is 3.60. The van der Waals surface area contributed by atoms with Gasteiger partial charge in [0.05, 0.1) is 16.7 Å². The first-order valence-electron chi connectivity index (χ1n) is 5.71. The lowest BCUT2D eigenvalue weighted by Gasteiger charge is -2.10. The zero-order valence-corrected chi connectivity index (χ0v) is 11.8. The van der Waals surface area contributed by atoms with Crippen molar-refractivity contribution in [3.05, 3.63) is 41.7 Å². The van der Waals surface area contributed by atoms with Gasteiger partial charge in [0.2, 0.25) is 10.0 Å². The zero-order chi connectivity index (χ0) is 14.9. The summed E-state index contributed by atoms with van der Waals surface area (Å²) in [5.41, 5.74) is 1.17. The van der Waals surface area contributed by atoms with Crippen molar-refractivity contribution in [2.75, 3.05) is 5.32 Å². The SMILES string of the molecule is Cc1c(NC(=O)c2cnn(C)c2)cccc1S(N)(=O)=O. The summed E-state index contributed by atoms with van der Waals surface area (Å²) in [7, 11) is -2.12. The van der Waals surface area contributed by atoms with Gasteiger partial charge in [-0.25, -0.2) is 13.6 Å². The average Bonchev–Trinajstić information content (AvgIpc) is 2.77. The first-order valence-corrected chi connectivity index (χ1v) is 7.26. The topological polar surface area (TPSA) is 107 Å². The van der Waals surface area contributed by atoms with Crippen LogP contribution in [0.1, 0.15) is 15.9 Å². The van der Waals surface area contributed by atoms with Gasteiger partial charge < -0.3 is 5.32 Å². The van der Waals surface area contributed by atoms with Gasteiger partial charge in [-0.15, -0.1) is 0 Å². The number of hydrogen-bond donors (Lipinski definition) is 2. The van der Waals surface area contributed by atoms with Crippen LogP contribution in [0.15, 0.2) is 35.5 Å². The van der Waals surface area contributed by atoms with Crippen LogP contribution in [-0.4, -0.2) is 24.1 Å². The van der Waals surface area contributed by atoms with Gasteiger partial charge in [-0.05, 0) is 24.6 Å². The van der Waals surface area contributed by atoms with Crippen LogP contribution in [0.3, 0.4) is 0 Å². The molecule has 0 fully saturated rings. The summed E-state index contributed by atoms with van der Waals surface area (Å²) >= 11 is 0. The van der Waals surface area contributed by atoms with E-state index < -0.39 is 10.0 Å². The molecule has 1 aromatic heterocycles. The molecule has 106 valence electrons. The molecule has 1 aromatic carbocycles. The molecule has 1 heterocycles. The number of nitrogens with two attached hydrogens (primary N) is 1. The highest BCUT2D eigenvalue weighted by molar-refractivity contribution is 7.89. The molecule has 0 aliphatic heterocycles. The van der Waals surface area contributed by atoms with Crippen molar-refractivity contribution < 1.29 is 13.2 Å². The number of aromatic nitrogens is 2. The number of hydrogen-bond acceptors (Lipinski definition) is 4. The van der Waals surface area contributed by atoms with Gasteiger partial charge >= 0.3 is 0 Å². The standard InChI is InChI=1S/C12H14N4O3S/c1-8-10(4-3-5-11(8)20(13,18)19)15-12(17)9-6-14-16(2)7-9/h3-7H,1-2H3,(H,15,17)(H2,13,18,19). The zero-order valence-electron chi connectivity index (χ0n) is 11.0. The van der Waals surface area contributed by atoms with E-state index in [1.54, 1.807) is 26.2 Å². The molecule has 0 saturated carbocycles. The van der Waals surface area contributed by atoms with Gasteiger partial charge in [0.15, 0.2) is 0 Å². The molecular weight excluding hydrogens is 280 g/mol. The second-order valence-corrected chi connectivity index (χ2v) is 5.86. The summed E-state index contributed by atoms with van der Waals surface area (Å²) in [5.74, 6) is -0.368. The summed E-state index contributed by atoms with van der Waals surface area (Å²) < 4.78 is 24.3. The molecule has 0 spiro atoms. The van der Waals surface area contributed by atoms with Crippen LogP contribution in [-0.2, 0) is 17.1 Å². The van der Waals surface area contributed by atoms with Crippen molar-refractivity contribution in [2.24, 2.45) is 12.2 Å². The smallest absolute Gasteiger partial charge is 0.258 e. The molecule has 2 aromatic rings. The minimum Gasteiger partial charge on any atom is -0.322 e. The predicted molar refractivity (Wildman–Crippen MR) is 73.7 cm³/mol. The van der Waals surface area contributed by atoms with Crippen molar-refractivity contribution in [1.29, 1.82) is 0 Å². The molecule has 20 heavy (non-hydrogen) atoms. The average molecular weight is 294 g/mol. The predicted octanol–water partition coefficient (Wildman–Crippen LogP) is 0.628. The van der Waals surface area contributed by atoms with Gasteiger partial charge in [0, 0.05) is 18.9 Å². The number of carbonyl (C=O) groups is 1. The third kappa shape index (κ3) is 2.86. The number of carbonyl (C=O) groups excluding carboxylic acids is 1. The third-order valence-corrected chi connectivity index (χ3v) is 3.86. The molecule has 0 bridgehead atoms. The van der Waals surface area contributed by atoms with Crippen molar-refractivity contribution in [3.63, 3.8) is 0 Å². The fraction of sp³-hybridized carbons (Fsp3) is 0.167. The number of benzene rings is 1. The lowest BCUT2D eigenvalue weighted by Crippen LogP contribution is -2.16. The van der Waals surface area contributed by atoms with Crippen LogP contribution in [0.5, 0.6) is 0 Å². The van der Waals surface area contributed by atoms with Gasteiger partial charge in [-0.1, -0.05) is 6.07 Å². The van der Waals surface area contributed by atoms with Crippen molar-refractivity contribution in [1.82, 2.24) is 9.78 Å². The number of rotatable bonds is 3. The summed E-state index contributed by atoms with van der Waals surface area (Å²) in [5, 5.41) is 11.7. The van der Waals surface area contributed by atoms with E-state index in [2.05, 4.69) is 10.4 Å². The second kappa shape index (κ2) is 5.06. The Bertz CT molecular complexity index is 765. The number of nitrogens with zero attached hydrogens (tertiary/aromatic N) is 2. The molecule has 3 N–H and O–H groups in total. The van der Waals surface area contributed by atoms with E-state index in [1.807, 2.05) is 0 Å². The number of sulfonamides is 1. The fourth-order valence-electron chi connectivity index (χ4n) is 1.79. The van der Waals surface area contributed by atoms with Crippen LogP contribution < -0.4 is 10.5 Å². The van der Waals surface area contributed by atoms with Crippen LogP contribution in [0.2, 0.25) is 0 Å². The van der Waals surface area contributed by atoms with E-state index in [0.29, 0.717) is 16.8 Å².